The largest absolute Gasteiger partial charge is 0.453 e. The molecule has 0 atom stereocenters. The monoisotopic (exact) mass is 245 g/mol. The van der Waals surface area contributed by atoms with Gasteiger partial charge >= 0.3 is 6.01 Å². The quantitative estimate of drug-likeness (QED) is 0.848. The smallest absolute Gasteiger partial charge is 0.317 e. The van der Waals surface area contributed by atoms with Crippen molar-refractivity contribution in [2.75, 3.05) is 11.9 Å². The van der Waals surface area contributed by atoms with E-state index in [0.29, 0.717) is 0 Å². The van der Waals surface area contributed by atoms with Crippen LogP contribution in [0.5, 0.6) is 6.01 Å². The van der Waals surface area contributed by atoms with Crippen LogP contribution in [0.1, 0.15) is 5.69 Å². The van der Waals surface area contributed by atoms with Crippen LogP contribution in [0.25, 0.3) is 0 Å². The molecule has 18 heavy (non-hydrogen) atoms. The fourth-order valence-electron chi connectivity index (χ4n) is 1.15. The van der Waals surface area contributed by atoms with Gasteiger partial charge in [0.25, 0.3) is 5.91 Å². The Bertz CT molecular complexity index is 532. The third kappa shape index (κ3) is 3.48. The van der Waals surface area contributed by atoms with Crippen LogP contribution in [-0.2, 0) is 4.79 Å². The number of amides is 1. The number of hydrogen-bond acceptors (Lipinski definition) is 6. The first-order valence-corrected chi connectivity index (χ1v) is 5.23. The molecule has 0 bridgehead atoms. The van der Waals surface area contributed by atoms with Crippen LogP contribution in [0.4, 0.5) is 5.95 Å². The minimum absolute atomic E-state index is 0.166. The third-order valence-electron chi connectivity index (χ3n) is 1.92. The van der Waals surface area contributed by atoms with E-state index in [1.165, 1.54) is 12.4 Å². The van der Waals surface area contributed by atoms with Gasteiger partial charge in [0.1, 0.15) is 0 Å². The Labute approximate surface area is 103 Å². The maximum atomic E-state index is 11.5. The molecule has 0 saturated heterocycles. The van der Waals surface area contributed by atoms with E-state index in [1.54, 1.807) is 18.3 Å². The van der Waals surface area contributed by atoms with Gasteiger partial charge < -0.3 is 4.74 Å². The summed E-state index contributed by atoms with van der Waals surface area (Å²) in [4.78, 5) is 27.1. The molecule has 1 amide bonds. The van der Waals surface area contributed by atoms with Crippen molar-refractivity contribution in [3.63, 3.8) is 0 Å². The highest BCUT2D eigenvalue weighted by Crippen LogP contribution is 2.01. The summed E-state index contributed by atoms with van der Waals surface area (Å²) in [6, 6.07) is 3.57. The molecule has 0 aliphatic rings. The molecule has 0 aliphatic heterocycles. The molecule has 2 aromatic rings. The predicted molar refractivity (Wildman–Crippen MR) is 62.9 cm³/mol. The summed E-state index contributed by atoms with van der Waals surface area (Å²) in [6.07, 6.45) is 4.64. The predicted octanol–water partition coefficient (Wildman–Crippen LogP) is 0.593. The normalized spacial score (nSPS) is 9.83. The number of aromatic nitrogens is 4. The van der Waals surface area contributed by atoms with Crippen molar-refractivity contribution in [2.45, 2.75) is 6.92 Å². The highest BCUT2D eigenvalue weighted by atomic mass is 16.5. The molecule has 0 spiro atoms. The molecule has 0 radical (unpaired) electrons. The molecule has 1 N–H and O–H groups in total. The molecule has 0 unspecified atom stereocenters. The lowest BCUT2D eigenvalue weighted by Gasteiger charge is -2.04. The van der Waals surface area contributed by atoms with Crippen LogP contribution in [0.15, 0.2) is 30.7 Å². The van der Waals surface area contributed by atoms with E-state index in [9.17, 15) is 4.79 Å². The van der Waals surface area contributed by atoms with Crippen molar-refractivity contribution in [3.8, 4) is 6.01 Å². The van der Waals surface area contributed by atoms with Crippen LogP contribution in [0.2, 0.25) is 0 Å². The molecular weight excluding hydrogens is 234 g/mol. The van der Waals surface area contributed by atoms with Crippen LogP contribution in [0.3, 0.4) is 0 Å². The van der Waals surface area contributed by atoms with Gasteiger partial charge in [-0.2, -0.15) is 0 Å². The number of anilines is 1. The molecule has 0 aromatic carbocycles. The van der Waals surface area contributed by atoms with Gasteiger partial charge in [0.05, 0.1) is 0 Å². The van der Waals surface area contributed by atoms with E-state index in [0.717, 1.165) is 5.69 Å². The average molecular weight is 245 g/mol. The van der Waals surface area contributed by atoms with Crippen molar-refractivity contribution >= 4 is 11.9 Å². The summed E-state index contributed by atoms with van der Waals surface area (Å²) >= 11 is 0. The first kappa shape index (κ1) is 11.9. The molecule has 7 heteroatoms. The highest BCUT2D eigenvalue weighted by Gasteiger charge is 2.06. The fourth-order valence-corrected chi connectivity index (χ4v) is 1.15. The van der Waals surface area contributed by atoms with E-state index in [4.69, 9.17) is 4.74 Å². The summed E-state index contributed by atoms with van der Waals surface area (Å²) in [7, 11) is 0. The van der Waals surface area contributed by atoms with Crippen molar-refractivity contribution in [2.24, 2.45) is 0 Å². The van der Waals surface area contributed by atoms with Crippen molar-refractivity contribution in [1.29, 1.82) is 0 Å². The Morgan fingerprint density at radius 2 is 2.06 bits per heavy atom. The Kier molecular flexibility index (Phi) is 3.75. The number of nitrogens with one attached hydrogen (secondary N) is 1. The van der Waals surface area contributed by atoms with E-state index < -0.39 is 0 Å². The second-order valence-electron chi connectivity index (χ2n) is 3.39. The lowest BCUT2D eigenvalue weighted by atomic mass is 10.5. The van der Waals surface area contributed by atoms with Gasteiger partial charge in [-0.1, -0.05) is 0 Å². The number of aryl methyl sites for hydroxylation is 1. The second kappa shape index (κ2) is 5.67. The first-order valence-electron chi connectivity index (χ1n) is 5.23. The molecule has 0 saturated carbocycles. The Hall–Kier alpha value is -2.57. The molecular formula is C11H11N5O2. The minimum atomic E-state index is -0.369. The van der Waals surface area contributed by atoms with Gasteiger partial charge in [-0.15, -0.1) is 0 Å². The standard InChI is InChI=1S/C11H11N5O2/c1-8-3-6-14-11(15-8)18-7-9(17)16-10-12-4-2-5-13-10/h2-6H,7H2,1H3,(H,12,13,16,17). The molecule has 7 nitrogen and oxygen atoms in total. The molecule has 0 fully saturated rings. The SMILES string of the molecule is Cc1ccnc(OCC(=O)Nc2ncccn2)n1. The zero-order valence-corrected chi connectivity index (χ0v) is 9.70. The number of rotatable bonds is 4. The summed E-state index contributed by atoms with van der Waals surface area (Å²) in [5.74, 6) is -0.137. The Balaban J connectivity index is 1.85. The van der Waals surface area contributed by atoms with Crippen molar-refractivity contribution < 1.29 is 9.53 Å². The van der Waals surface area contributed by atoms with Gasteiger partial charge in [-0.05, 0) is 19.1 Å². The molecule has 92 valence electrons. The van der Waals surface area contributed by atoms with Crippen LogP contribution >= 0.6 is 0 Å². The van der Waals surface area contributed by atoms with Gasteiger partial charge in [0.2, 0.25) is 5.95 Å². The zero-order valence-electron chi connectivity index (χ0n) is 9.70. The maximum absolute atomic E-state index is 11.5. The van der Waals surface area contributed by atoms with E-state index in [2.05, 4.69) is 25.3 Å². The number of carbonyl (C=O) groups excluding carboxylic acids is 1. The highest BCUT2D eigenvalue weighted by molar-refractivity contribution is 5.90. The number of hydrogen-bond donors (Lipinski definition) is 1. The van der Waals surface area contributed by atoms with Crippen LogP contribution in [-0.4, -0.2) is 32.4 Å². The van der Waals surface area contributed by atoms with Crippen molar-refractivity contribution in [1.82, 2.24) is 19.9 Å². The Morgan fingerprint density at radius 1 is 1.28 bits per heavy atom. The molecule has 2 rings (SSSR count). The molecule has 2 heterocycles. The van der Waals surface area contributed by atoms with Gasteiger partial charge in [-0.3, -0.25) is 10.1 Å². The Morgan fingerprint density at radius 3 is 2.78 bits per heavy atom. The summed E-state index contributed by atoms with van der Waals surface area (Å²) in [6.45, 7) is 1.62. The molecule has 0 aliphatic carbocycles. The minimum Gasteiger partial charge on any atom is -0.453 e. The first-order chi connectivity index (χ1) is 8.74. The third-order valence-corrected chi connectivity index (χ3v) is 1.92. The van der Waals surface area contributed by atoms with E-state index in [1.807, 2.05) is 6.92 Å². The molecule has 2 aromatic heterocycles. The summed E-state index contributed by atoms with van der Waals surface area (Å²) in [5.41, 5.74) is 0.770. The lowest BCUT2D eigenvalue weighted by molar-refractivity contribution is -0.118. The maximum Gasteiger partial charge on any atom is 0.317 e. The second-order valence-corrected chi connectivity index (χ2v) is 3.39. The number of nitrogens with zero attached hydrogens (tertiary/aromatic N) is 4. The van der Waals surface area contributed by atoms with E-state index in [-0.39, 0.29) is 24.5 Å². The van der Waals surface area contributed by atoms with Crippen molar-refractivity contribution in [3.05, 3.63) is 36.4 Å². The van der Waals surface area contributed by atoms with E-state index >= 15 is 0 Å². The average Bonchev–Trinajstić information content (AvgIpc) is 2.38. The topological polar surface area (TPSA) is 89.9 Å². The zero-order chi connectivity index (χ0) is 12.8. The van der Waals surface area contributed by atoms with Crippen LogP contribution in [0, 0.1) is 6.92 Å². The summed E-state index contributed by atoms with van der Waals surface area (Å²) in [5, 5.41) is 2.49. The van der Waals surface area contributed by atoms with Gasteiger partial charge in [0, 0.05) is 24.3 Å². The van der Waals surface area contributed by atoms with Gasteiger partial charge in [0.15, 0.2) is 6.61 Å². The lowest BCUT2D eigenvalue weighted by Crippen LogP contribution is -2.22. The van der Waals surface area contributed by atoms with Crippen LogP contribution < -0.4 is 10.1 Å². The fraction of sp³-hybridized carbons (Fsp3) is 0.182. The summed E-state index contributed by atoms with van der Waals surface area (Å²) < 4.78 is 5.13. The number of carbonyl (C=O) groups is 1. The number of ether oxygens (including phenoxy) is 1. The van der Waals surface area contributed by atoms with Gasteiger partial charge in [-0.25, -0.2) is 19.9 Å².